The third-order valence-corrected chi connectivity index (χ3v) is 4.68. The maximum absolute atomic E-state index is 11.8. The van der Waals surface area contributed by atoms with Gasteiger partial charge in [0, 0.05) is 30.3 Å². The van der Waals surface area contributed by atoms with Crippen LogP contribution in [0.2, 0.25) is 0 Å². The molecular weight excluding hydrogens is 324 g/mol. The molecule has 0 atom stereocenters. The van der Waals surface area contributed by atoms with E-state index in [1.165, 1.54) is 0 Å². The van der Waals surface area contributed by atoms with Gasteiger partial charge in [0.15, 0.2) is 5.78 Å². The summed E-state index contributed by atoms with van der Waals surface area (Å²) in [5.41, 5.74) is 6.92. The van der Waals surface area contributed by atoms with E-state index >= 15 is 0 Å². The van der Waals surface area contributed by atoms with Gasteiger partial charge in [-0.05, 0) is 43.0 Å². The third-order valence-electron chi connectivity index (χ3n) is 4.68. The van der Waals surface area contributed by atoms with E-state index in [-0.39, 0.29) is 12.4 Å². The minimum absolute atomic E-state index is 0.0892. The molecule has 0 spiro atoms. The number of aromatic nitrogens is 2. The zero-order valence-electron chi connectivity index (χ0n) is 15.5. The number of carbonyl (C=O) groups excluding carboxylic acids is 1. The van der Waals surface area contributed by atoms with Crippen molar-refractivity contribution >= 4 is 5.78 Å². The monoisotopic (exact) mass is 348 g/mol. The highest BCUT2D eigenvalue weighted by Crippen LogP contribution is 2.32. The fourth-order valence-electron chi connectivity index (χ4n) is 3.36. The Morgan fingerprint density at radius 1 is 1.15 bits per heavy atom. The summed E-state index contributed by atoms with van der Waals surface area (Å²) in [6.45, 7) is 3.80. The van der Waals surface area contributed by atoms with Crippen molar-refractivity contribution in [1.82, 2.24) is 9.55 Å². The summed E-state index contributed by atoms with van der Waals surface area (Å²) in [7, 11) is 1.98. The Bertz CT molecular complexity index is 941. The summed E-state index contributed by atoms with van der Waals surface area (Å²) in [6, 6.07) is 14.1. The van der Waals surface area contributed by atoms with E-state index in [0.717, 1.165) is 45.6 Å². The fourth-order valence-corrected chi connectivity index (χ4v) is 3.36. The molecule has 0 saturated carbocycles. The van der Waals surface area contributed by atoms with Gasteiger partial charge in [0.25, 0.3) is 0 Å². The molecule has 1 N–H and O–H groups in total. The van der Waals surface area contributed by atoms with Crippen LogP contribution in [0.3, 0.4) is 0 Å². The van der Waals surface area contributed by atoms with E-state index < -0.39 is 0 Å². The Hall–Kier alpha value is -2.72. The van der Waals surface area contributed by atoms with Gasteiger partial charge in [-0.3, -0.25) is 4.79 Å². The van der Waals surface area contributed by atoms with Crippen LogP contribution >= 0.6 is 0 Å². The molecule has 4 heteroatoms. The van der Waals surface area contributed by atoms with Gasteiger partial charge in [-0.1, -0.05) is 37.3 Å². The number of aliphatic hydroxyl groups is 1. The number of benzene rings is 2. The molecule has 0 saturated heterocycles. The number of nitrogens with zero attached hydrogens (tertiary/aromatic N) is 2. The second kappa shape index (κ2) is 7.67. The van der Waals surface area contributed by atoms with Gasteiger partial charge in [-0.2, -0.15) is 0 Å². The van der Waals surface area contributed by atoms with Gasteiger partial charge in [-0.15, -0.1) is 0 Å². The zero-order valence-corrected chi connectivity index (χ0v) is 15.5. The van der Waals surface area contributed by atoms with Crippen LogP contribution in [0.25, 0.3) is 22.5 Å². The van der Waals surface area contributed by atoms with Gasteiger partial charge in [0.05, 0.1) is 17.7 Å². The van der Waals surface area contributed by atoms with Gasteiger partial charge < -0.3 is 9.67 Å². The topological polar surface area (TPSA) is 55.1 Å². The second-order valence-electron chi connectivity index (χ2n) is 6.51. The second-order valence-corrected chi connectivity index (χ2v) is 6.51. The molecule has 0 bridgehead atoms. The first-order valence-corrected chi connectivity index (χ1v) is 8.90. The van der Waals surface area contributed by atoms with E-state index in [1.807, 2.05) is 42.2 Å². The lowest BCUT2D eigenvalue weighted by Crippen LogP contribution is -1.99. The molecule has 0 aliphatic rings. The molecule has 4 nitrogen and oxygen atoms in total. The largest absolute Gasteiger partial charge is 0.396 e. The predicted octanol–water partition coefficient (Wildman–Crippen LogP) is 4.05. The van der Waals surface area contributed by atoms with Gasteiger partial charge >= 0.3 is 0 Å². The highest BCUT2D eigenvalue weighted by molar-refractivity contribution is 5.96. The van der Waals surface area contributed by atoms with Gasteiger partial charge in [-0.25, -0.2) is 4.98 Å². The summed E-state index contributed by atoms with van der Waals surface area (Å²) in [6.07, 6.45) is 3.25. The number of Topliss-reactive ketones (excluding diaryl/α,β-unsaturated/α-hetero) is 1. The van der Waals surface area contributed by atoms with Crippen molar-refractivity contribution in [1.29, 1.82) is 0 Å². The Morgan fingerprint density at radius 3 is 2.65 bits per heavy atom. The molecule has 134 valence electrons. The smallest absolute Gasteiger partial charge is 0.160 e. The first-order chi connectivity index (χ1) is 12.5. The van der Waals surface area contributed by atoms with Crippen LogP contribution in [0.5, 0.6) is 0 Å². The van der Waals surface area contributed by atoms with Crippen molar-refractivity contribution in [2.24, 2.45) is 7.05 Å². The molecule has 0 fully saturated rings. The summed E-state index contributed by atoms with van der Waals surface area (Å²) in [5.74, 6) is 0.0892. The maximum atomic E-state index is 11.8. The van der Waals surface area contributed by atoms with Crippen molar-refractivity contribution in [2.45, 2.75) is 26.7 Å². The van der Waals surface area contributed by atoms with E-state index in [2.05, 4.69) is 30.1 Å². The number of rotatable bonds is 6. The van der Waals surface area contributed by atoms with Crippen molar-refractivity contribution in [3.63, 3.8) is 0 Å². The average Bonchev–Trinajstić information content (AvgIpc) is 3.03. The summed E-state index contributed by atoms with van der Waals surface area (Å²) >= 11 is 0. The standard InChI is InChI=1S/C22H24N2O2/c1-4-17-13-18(8-9-20(17)15(2)26)21-22(24(3)14-23-21)19-7-5-6-16(12-19)10-11-25/h5-9,12-14,25H,4,10-11H2,1-3H3. The van der Waals surface area contributed by atoms with E-state index in [0.29, 0.717) is 6.42 Å². The van der Waals surface area contributed by atoms with Crippen LogP contribution in [-0.2, 0) is 19.9 Å². The Kier molecular flexibility index (Phi) is 5.33. The number of hydrogen-bond donors (Lipinski definition) is 1. The fraction of sp³-hybridized carbons (Fsp3) is 0.273. The van der Waals surface area contributed by atoms with Crippen LogP contribution in [0.15, 0.2) is 48.8 Å². The number of imidazole rings is 1. The molecule has 3 rings (SSSR count). The highest BCUT2D eigenvalue weighted by Gasteiger charge is 2.16. The normalized spacial score (nSPS) is 10.9. The summed E-state index contributed by atoms with van der Waals surface area (Å²) < 4.78 is 2.01. The first-order valence-electron chi connectivity index (χ1n) is 8.90. The van der Waals surface area contributed by atoms with Crippen LogP contribution in [0.4, 0.5) is 0 Å². The molecule has 0 aliphatic heterocycles. The molecule has 0 aliphatic carbocycles. The summed E-state index contributed by atoms with van der Waals surface area (Å²) in [5, 5.41) is 9.21. The number of ketones is 1. The quantitative estimate of drug-likeness (QED) is 0.684. The van der Waals surface area contributed by atoms with Crippen molar-refractivity contribution in [3.05, 3.63) is 65.5 Å². The SMILES string of the molecule is CCc1cc(-c2ncn(C)c2-c2cccc(CCO)c2)ccc1C(C)=O. The number of aliphatic hydroxyl groups excluding tert-OH is 1. The molecule has 2 aromatic carbocycles. The van der Waals surface area contributed by atoms with Crippen molar-refractivity contribution < 1.29 is 9.90 Å². The van der Waals surface area contributed by atoms with Gasteiger partial charge in [0.1, 0.15) is 0 Å². The van der Waals surface area contributed by atoms with Crippen molar-refractivity contribution in [3.8, 4) is 22.5 Å². The van der Waals surface area contributed by atoms with Gasteiger partial charge in [0.2, 0.25) is 0 Å². The van der Waals surface area contributed by atoms with E-state index in [4.69, 9.17) is 0 Å². The molecule has 1 heterocycles. The van der Waals surface area contributed by atoms with Crippen LogP contribution < -0.4 is 0 Å². The third kappa shape index (κ3) is 3.46. The Labute approximate surface area is 154 Å². The molecular formula is C22H24N2O2. The number of carbonyl (C=O) groups is 1. The minimum atomic E-state index is 0.0892. The molecule has 0 unspecified atom stereocenters. The minimum Gasteiger partial charge on any atom is -0.396 e. The van der Waals surface area contributed by atoms with E-state index in [9.17, 15) is 9.90 Å². The molecule has 0 radical (unpaired) electrons. The lowest BCUT2D eigenvalue weighted by atomic mass is 9.96. The zero-order chi connectivity index (χ0) is 18.7. The maximum Gasteiger partial charge on any atom is 0.160 e. The molecule has 1 aromatic heterocycles. The van der Waals surface area contributed by atoms with Crippen LogP contribution in [-0.4, -0.2) is 27.0 Å². The van der Waals surface area contributed by atoms with Crippen LogP contribution in [0.1, 0.15) is 35.3 Å². The highest BCUT2D eigenvalue weighted by atomic mass is 16.2. The van der Waals surface area contributed by atoms with Crippen LogP contribution in [0, 0.1) is 0 Å². The summed E-state index contributed by atoms with van der Waals surface area (Å²) in [4.78, 5) is 16.4. The molecule has 3 aromatic rings. The van der Waals surface area contributed by atoms with Crippen molar-refractivity contribution in [2.75, 3.05) is 6.61 Å². The Morgan fingerprint density at radius 2 is 1.96 bits per heavy atom. The first kappa shape index (κ1) is 18.1. The number of hydrogen-bond acceptors (Lipinski definition) is 3. The van der Waals surface area contributed by atoms with E-state index in [1.54, 1.807) is 6.92 Å². The average molecular weight is 348 g/mol. The lowest BCUT2D eigenvalue weighted by Gasteiger charge is -2.11. The molecule has 26 heavy (non-hydrogen) atoms. The number of aryl methyl sites for hydroxylation is 2. The molecule has 0 amide bonds. The Balaban J connectivity index is 2.11. The predicted molar refractivity (Wildman–Crippen MR) is 104 cm³/mol. The lowest BCUT2D eigenvalue weighted by molar-refractivity contribution is 0.101.